The molecular weight excluding hydrogens is 368 g/mol. The molecule has 0 bridgehead atoms. The van der Waals surface area contributed by atoms with Crippen LogP contribution in [0.4, 0.5) is 13.9 Å². The number of thiazole rings is 1. The maximum Gasteiger partial charge on any atom is 0.260 e. The molecule has 1 amide bonds. The quantitative estimate of drug-likeness (QED) is 0.731. The van der Waals surface area contributed by atoms with E-state index in [0.29, 0.717) is 17.7 Å². The van der Waals surface area contributed by atoms with Gasteiger partial charge < -0.3 is 0 Å². The number of amides is 1. The highest BCUT2D eigenvalue weighted by molar-refractivity contribution is 7.13. The van der Waals surface area contributed by atoms with Gasteiger partial charge in [0.15, 0.2) is 5.13 Å². The summed E-state index contributed by atoms with van der Waals surface area (Å²) in [6.07, 6.45) is 1.01. The van der Waals surface area contributed by atoms with Crippen molar-refractivity contribution in [3.63, 3.8) is 0 Å². The summed E-state index contributed by atoms with van der Waals surface area (Å²) >= 11 is 1.29. The van der Waals surface area contributed by atoms with Crippen molar-refractivity contribution >= 4 is 22.4 Å². The molecule has 7 heteroatoms. The van der Waals surface area contributed by atoms with Crippen LogP contribution in [-0.4, -0.2) is 22.3 Å². The van der Waals surface area contributed by atoms with Crippen LogP contribution in [0.3, 0.4) is 0 Å². The molecular formula is C20H17F2N3OS. The van der Waals surface area contributed by atoms with E-state index in [1.54, 1.807) is 0 Å². The van der Waals surface area contributed by atoms with E-state index in [0.717, 1.165) is 37.3 Å². The van der Waals surface area contributed by atoms with E-state index in [9.17, 15) is 13.6 Å². The van der Waals surface area contributed by atoms with Crippen molar-refractivity contribution in [3.05, 3.63) is 81.9 Å². The summed E-state index contributed by atoms with van der Waals surface area (Å²) in [5, 5.41) is 4.86. The zero-order chi connectivity index (χ0) is 18.8. The number of hydrogen-bond donors (Lipinski definition) is 1. The molecule has 1 N–H and O–H groups in total. The van der Waals surface area contributed by atoms with Crippen LogP contribution in [0.25, 0.3) is 0 Å². The molecule has 0 atom stereocenters. The van der Waals surface area contributed by atoms with Gasteiger partial charge in [-0.1, -0.05) is 24.3 Å². The first kappa shape index (κ1) is 17.8. The van der Waals surface area contributed by atoms with Gasteiger partial charge in [-0.05, 0) is 29.7 Å². The number of carbonyl (C=O) groups excluding carboxylic acids is 1. The van der Waals surface area contributed by atoms with Gasteiger partial charge in [-0.15, -0.1) is 11.3 Å². The fraction of sp³-hybridized carbons (Fsp3) is 0.200. The van der Waals surface area contributed by atoms with Gasteiger partial charge in [0.25, 0.3) is 5.91 Å². The maximum absolute atomic E-state index is 13.7. The molecule has 27 heavy (non-hydrogen) atoms. The van der Waals surface area contributed by atoms with Crippen molar-refractivity contribution in [2.75, 3.05) is 11.9 Å². The van der Waals surface area contributed by atoms with Crippen LogP contribution in [0, 0.1) is 11.6 Å². The standard InChI is InChI=1S/C20H17F2N3OS/c21-15-5-6-17(18(22)9-15)19(26)24-20-23-16(12-27-20)11-25-8-7-13-3-1-2-4-14(13)10-25/h1-6,9,12H,7-8,10-11H2,(H,23,24,26). The highest BCUT2D eigenvalue weighted by atomic mass is 32.1. The van der Waals surface area contributed by atoms with Gasteiger partial charge in [0.05, 0.1) is 11.3 Å². The number of halogens is 2. The van der Waals surface area contributed by atoms with Crippen LogP contribution in [0.15, 0.2) is 47.8 Å². The van der Waals surface area contributed by atoms with E-state index in [4.69, 9.17) is 0 Å². The van der Waals surface area contributed by atoms with E-state index >= 15 is 0 Å². The molecule has 2 heterocycles. The highest BCUT2D eigenvalue weighted by Gasteiger charge is 2.18. The smallest absolute Gasteiger partial charge is 0.260 e. The summed E-state index contributed by atoms with van der Waals surface area (Å²) in [7, 11) is 0. The van der Waals surface area contributed by atoms with E-state index in [1.807, 2.05) is 11.4 Å². The topological polar surface area (TPSA) is 45.2 Å². The second-order valence-electron chi connectivity index (χ2n) is 6.45. The molecule has 1 aromatic heterocycles. The minimum Gasteiger partial charge on any atom is -0.298 e. The molecule has 0 saturated carbocycles. The molecule has 0 fully saturated rings. The molecule has 3 aromatic rings. The zero-order valence-corrected chi connectivity index (χ0v) is 15.2. The van der Waals surface area contributed by atoms with Gasteiger partial charge in [0, 0.05) is 31.1 Å². The number of nitrogens with one attached hydrogen (secondary N) is 1. The molecule has 0 spiro atoms. The monoisotopic (exact) mass is 385 g/mol. The van der Waals surface area contributed by atoms with E-state index < -0.39 is 17.5 Å². The second kappa shape index (κ2) is 7.54. The number of fused-ring (bicyclic) bond motifs is 1. The zero-order valence-electron chi connectivity index (χ0n) is 14.4. The van der Waals surface area contributed by atoms with Crippen LogP contribution in [0.5, 0.6) is 0 Å². The van der Waals surface area contributed by atoms with Gasteiger partial charge in [0.1, 0.15) is 11.6 Å². The summed E-state index contributed by atoms with van der Waals surface area (Å²) in [6.45, 7) is 2.51. The number of carbonyl (C=O) groups is 1. The lowest BCUT2D eigenvalue weighted by Crippen LogP contribution is -2.30. The number of rotatable bonds is 4. The molecule has 0 radical (unpaired) electrons. The molecule has 4 rings (SSSR count). The minimum absolute atomic E-state index is 0.208. The largest absolute Gasteiger partial charge is 0.298 e. The van der Waals surface area contributed by atoms with Crippen LogP contribution in [0.2, 0.25) is 0 Å². The first-order valence-corrected chi connectivity index (χ1v) is 9.46. The van der Waals surface area contributed by atoms with Gasteiger partial charge in [-0.25, -0.2) is 13.8 Å². The van der Waals surface area contributed by atoms with Crippen molar-refractivity contribution in [1.82, 2.24) is 9.88 Å². The average Bonchev–Trinajstić information content (AvgIpc) is 3.08. The summed E-state index contributed by atoms with van der Waals surface area (Å²) in [4.78, 5) is 18.9. The van der Waals surface area contributed by atoms with Gasteiger partial charge in [0.2, 0.25) is 0 Å². The predicted octanol–water partition coefficient (Wildman–Crippen LogP) is 4.23. The van der Waals surface area contributed by atoms with Gasteiger partial charge in [-0.2, -0.15) is 0 Å². The Morgan fingerprint density at radius 2 is 2.00 bits per heavy atom. The lowest BCUT2D eigenvalue weighted by atomic mass is 10.00. The minimum atomic E-state index is -0.892. The van der Waals surface area contributed by atoms with Crippen LogP contribution < -0.4 is 5.32 Å². The first-order chi connectivity index (χ1) is 13.1. The number of anilines is 1. The normalized spacial score (nSPS) is 14.0. The van der Waals surface area contributed by atoms with E-state index in [-0.39, 0.29) is 5.56 Å². The third-order valence-corrected chi connectivity index (χ3v) is 5.35. The summed E-state index contributed by atoms with van der Waals surface area (Å²) < 4.78 is 26.7. The Bertz CT molecular complexity index is 989. The van der Waals surface area contributed by atoms with Crippen LogP contribution in [-0.2, 0) is 19.5 Å². The number of aromatic nitrogens is 1. The Labute approximate surface area is 159 Å². The molecule has 4 nitrogen and oxygen atoms in total. The number of hydrogen-bond acceptors (Lipinski definition) is 4. The van der Waals surface area contributed by atoms with Crippen molar-refractivity contribution in [3.8, 4) is 0 Å². The predicted molar refractivity (Wildman–Crippen MR) is 101 cm³/mol. The van der Waals surface area contributed by atoms with Gasteiger partial charge in [-0.3, -0.25) is 15.0 Å². The summed E-state index contributed by atoms with van der Waals surface area (Å²) in [5.74, 6) is -2.25. The maximum atomic E-state index is 13.7. The molecule has 1 aliphatic rings. The lowest BCUT2D eigenvalue weighted by molar-refractivity contribution is 0.102. The molecule has 0 aliphatic carbocycles. The lowest BCUT2D eigenvalue weighted by Gasteiger charge is -2.27. The fourth-order valence-electron chi connectivity index (χ4n) is 3.19. The Morgan fingerprint density at radius 1 is 1.19 bits per heavy atom. The van der Waals surface area contributed by atoms with Crippen molar-refractivity contribution in [2.45, 2.75) is 19.5 Å². The SMILES string of the molecule is O=C(Nc1nc(CN2CCc3ccccc3C2)cs1)c1ccc(F)cc1F. The molecule has 1 aliphatic heterocycles. The number of benzene rings is 2. The van der Waals surface area contributed by atoms with Crippen molar-refractivity contribution in [1.29, 1.82) is 0 Å². The summed E-state index contributed by atoms with van der Waals surface area (Å²) in [5.41, 5.74) is 3.37. The second-order valence-corrected chi connectivity index (χ2v) is 7.31. The van der Waals surface area contributed by atoms with Crippen LogP contribution in [0.1, 0.15) is 27.2 Å². The van der Waals surface area contributed by atoms with Crippen LogP contribution >= 0.6 is 11.3 Å². The summed E-state index contributed by atoms with van der Waals surface area (Å²) in [6, 6.07) is 11.3. The van der Waals surface area contributed by atoms with Crippen molar-refractivity contribution in [2.24, 2.45) is 0 Å². The third-order valence-electron chi connectivity index (χ3n) is 4.54. The van der Waals surface area contributed by atoms with E-state index in [2.05, 4.69) is 33.4 Å². The highest BCUT2D eigenvalue weighted by Crippen LogP contribution is 2.23. The van der Waals surface area contributed by atoms with Crippen molar-refractivity contribution < 1.29 is 13.6 Å². The Morgan fingerprint density at radius 3 is 2.81 bits per heavy atom. The molecule has 138 valence electrons. The van der Waals surface area contributed by atoms with E-state index in [1.165, 1.54) is 22.5 Å². The third kappa shape index (κ3) is 4.04. The average molecular weight is 385 g/mol. The van der Waals surface area contributed by atoms with Gasteiger partial charge >= 0.3 is 0 Å². The molecule has 0 saturated heterocycles. The first-order valence-electron chi connectivity index (χ1n) is 8.58. The molecule has 2 aromatic carbocycles. The fourth-order valence-corrected chi connectivity index (χ4v) is 3.89. The Hall–Kier alpha value is -2.64. The Balaban J connectivity index is 1.40. The Kier molecular flexibility index (Phi) is 4.96. The molecule has 0 unspecified atom stereocenters. The number of nitrogens with zero attached hydrogens (tertiary/aromatic N) is 2.